The molecule has 6 heteroatoms. The molecule has 0 spiro atoms. The normalized spacial score (nSPS) is 4.62. The van der Waals surface area contributed by atoms with E-state index in [0.29, 0.717) is 0 Å². The van der Waals surface area contributed by atoms with Crippen molar-refractivity contribution in [3.05, 3.63) is 0 Å². The van der Waals surface area contributed by atoms with Crippen molar-refractivity contribution in [1.29, 1.82) is 0 Å². The minimum atomic E-state index is -0.968. The van der Waals surface area contributed by atoms with Crippen LogP contribution in [-0.2, 0) is 4.79 Å². The number of carboxylic acids is 1. The smallest absolute Gasteiger partial charge is 0.317 e. The van der Waals surface area contributed by atoms with Gasteiger partial charge in [-0.25, -0.2) is 0 Å². The zero-order valence-electron chi connectivity index (χ0n) is 5.64. The molecule has 0 aromatic carbocycles. The molecule has 0 unspecified atom stereocenters. The van der Waals surface area contributed by atoms with Crippen molar-refractivity contribution < 1.29 is 9.90 Å². The molecule has 33 valence electrons. The predicted molar refractivity (Wildman–Crippen MR) is 34.0 cm³/mol. The van der Waals surface area contributed by atoms with E-state index in [-0.39, 0.29) is 95.2 Å². The molecular weight excluding hydrogens is 139 g/mol. The molecule has 0 rings (SSSR count). The first-order valence-corrected chi connectivity index (χ1v) is 1.19. The van der Waals surface area contributed by atoms with Crippen LogP contribution in [0.5, 0.6) is 0 Å². The zero-order chi connectivity index (χ0) is 4.28. The predicted octanol–water partition coefficient (Wildman–Crippen LogP) is -2.11. The minimum Gasteiger partial charge on any atom is -0.480 e. The molecule has 0 amide bonds. The zero-order valence-corrected chi connectivity index (χ0v) is 11.6. The number of carbonyl (C=O) groups is 1. The Hall–Kier alpha value is 2.43. The molecule has 0 saturated heterocycles. The largest absolute Gasteiger partial charge is 0.480 e. The molecule has 0 fully saturated rings. The van der Waals surface area contributed by atoms with E-state index < -0.39 is 5.97 Å². The second kappa shape index (κ2) is 16.2. The van der Waals surface area contributed by atoms with Crippen molar-refractivity contribution in [3.8, 4) is 0 Å². The third-order valence-electron chi connectivity index (χ3n) is 0.175. The van der Waals surface area contributed by atoms with Gasteiger partial charge in [-0.3, -0.25) is 4.79 Å². The van der Waals surface area contributed by atoms with Crippen molar-refractivity contribution in [2.24, 2.45) is 5.73 Å². The molecule has 0 bridgehead atoms. The molecule has 0 saturated carbocycles. The van der Waals surface area contributed by atoms with Crippen LogP contribution < -0.4 is 5.73 Å². The molecular formula is C2H5NNa3O2. The van der Waals surface area contributed by atoms with Gasteiger partial charge in [0.25, 0.3) is 0 Å². The van der Waals surface area contributed by atoms with Crippen LogP contribution in [0.4, 0.5) is 0 Å². The van der Waals surface area contributed by atoms with E-state index in [0.717, 1.165) is 0 Å². The second-order valence-corrected chi connectivity index (χ2v) is 0.598. The monoisotopic (exact) mass is 144 g/mol. The Bertz CT molecular complexity index is 50.5. The molecule has 3 radical (unpaired) electrons. The maximum atomic E-state index is 9.24. The van der Waals surface area contributed by atoms with Gasteiger partial charge in [-0.05, 0) is 0 Å². The number of nitrogens with two attached hydrogens (primary N) is 1. The Balaban J connectivity index is -0.0000000267. The number of rotatable bonds is 1. The number of carboxylic acid groups (broad SMARTS) is 1. The Kier molecular flexibility index (Phi) is 45.5. The summed E-state index contributed by atoms with van der Waals surface area (Å²) in [5.74, 6) is -0.968. The molecule has 3 nitrogen and oxygen atoms in total. The third-order valence-corrected chi connectivity index (χ3v) is 0.175. The van der Waals surface area contributed by atoms with Gasteiger partial charge < -0.3 is 10.8 Å². The van der Waals surface area contributed by atoms with Crippen LogP contribution in [0, 0.1) is 0 Å². The van der Waals surface area contributed by atoms with Gasteiger partial charge in [0.2, 0.25) is 0 Å². The number of hydrogen-bond acceptors (Lipinski definition) is 2. The van der Waals surface area contributed by atoms with Crippen molar-refractivity contribution in [2.45, 2.75) is 0 Å². The van der Waals surface area contributed by atoms with Crippen LogP contribution in [0.1, 0.15) is 0 Å². The van der Waals surface area contributed by atoms with Crippen LogP contribution in [0.25, 0.3) is 0 Å². The average Bonchev–Trinajstić information content (AvgIpc) is 1.38. The molecule has 0 aliphatic carbocycles. The first kappa shape index (κ1) is 22.4. The van der Waals surface area contributed by atoms with Crippen molar-refractivity contribution in [1.82, 2.24) is 0 Å². The molecule has 8 heavy (non-hydrogen) atoms. The molecule has 0 atom stereocenters. The fourth-order valence-corrected chi connectivity index (χ4v) is 0. The summed E-state index contributed by atoms with van der Waals surface area (Å²) in [7, 11) is 0. The fourth-order valence-electron chi connectivity index (χ4n) is 0. The standard InChI is InChI=1S/C2H5NO2.3Na/c3-1-2(4)5;;;/h1,3H2,(H,4,5);;;. The second-order valence-electron chi connectivity index (χ2n) is 0.598. The molecule has 0 aliphatic rings. The third kappa shape index (κ3) is 23.7. The molecule has 0 aromatic heterocycles. The molecule has 0 heterocycles. The average molecular weight is 144 g/mol. The maximum absolute atomic E-state index is 9.24. The Labute approximate surface area is 115 Å². The van der Waals surface area contributed by atoms with Gasteiger partial charge in [0.15, 0.2) is 0 Å². The summed E-state index contributed by atoms with van der Waals surface area (Å²) in [5.41, 5.74) is 4.57. The quantitative estimate of drug-likeness (QED) is 0.414. The molecule has 3 N–H and O–H groups in total. The van der Waals surface area contributed by atoms with Gasteiger partial charge in [0.05, 0.1) is 6.54 Å². The van der Waals surface area contributed by atoms with Crippen LogP contribution in [0.3, 0.4) is 0 Å². The summed E-state index contributed by atoms with van der Waals surface area (Å²) in [4.78, 5) is 9.24. The van der Waals surface area contributed by atoms with Gasteiger partial charge in [-0.15, -0.1) is 0 Å². The van der Waals surface area contributed by atoms with Gasteiger partial charge >= 0.3 is 5.97 Å². The SMILES string of the molecule is NCC(=O)O.[Na].[Na].[Na]. The van der Waals surface area contributed by atoms with E-state index in [2.05, 4.69) is 5.73 Å². The van der Waals surface area contributed by atoms with E-state index in [4.69, 9.17) is 5.11 Å². The van der Waals surface area contributed by atoms with E-state index in [9.17, 15) is 4.79 Å². The summed E-state index contributed by atoms with van der Waals surface area (Å²) >= 11 is 0. The Morgan fingerprint density at radius 3 is 1.50 bits per heavy atom. The topological polar surface area (TPSA) is 63.3 Å². The van der Waals surface area contributed by atoms with E-state index in [1.54, 1.807) is 0 Å². The number of hydrogen-bond donors (Lipinski definition) is 2. The maximum Gasteiger partial charge on any atom is 0.317 e. The van der Waals surface area contributed by atoms with Gasteiger partial charge in [0.1, 0.15) is 0 Å². The van der Waals surface area contributed by atoms with Crippen LogP contribution in [0.15, 0.2) is 0 Å². The van der Waals surface area contributed by atoms with Gasteiger partial charge in [-0.2, -0.15) is 0 Å². The first-order valence-electron chi connectivity index (χ1n) is 1.19. The van der Waals surface area contributed by atoms with Crippen molar-refractivity contribution in [2.75, 3.05) is 6.54 Å². The Morgan fingerprint density at radius 1 is 1.38 bits per heavy atom. The summed E-state index contributed by atoms with van der Waals surface area (Å²) in [6, 6.07) is 0. The van der Waals surface area contributed by atoms with Crippen LogP contribution in [0.2, 0.25) is 0 Å². The summed E-state index contributed by atoms with van der Waals surface area (Å²) < 4.78 is 0. The minimum absolute atomic E-state index is 0. The van der Waals surface area contributed by atoms with E-state index >= 15 is 0 Å². The first-order chi connectivity index (χ1) is 2.27. The number of aliphatic carboxylic acids is 1. The Morgan fingerprint density at radius 2 is 1.50 bits per heavy atom. The van der Waals surface area contributed by atoms with Gasteiger partial charge in [-0.1, -0.05) is 0 Å². The summed E-state index contributed by atoms with van der Waals surface area (Å²) in [6.45, 7) is -0.278. The van der Waals surface area contributed by atoms with Crippen molar-refractivity contribution in [3.63, 3.8) is 0 Å². The molecule has 0 aromatic rings. The van der Waals surface area contributed by atoms with Crippen LogP contribution >= 0.6 is 0 Å². The van der Waals surface area contributed by atoms with E-state index in [1.165, 1.54) is 0 Å². The summed E-state index contributed by atoms with van der Waals surface area (Å²) in [6.07, 6.45) is 0. The summed E-state index contributed by atoms with van der Waals surface area (Å²) in [5, 5.41) is 7.60. The fraction of sp³-hybridized carbons (Fsp3) is 0.500. The van der Waals surface area contributed by atoms with Crippen molar-refractivity contribution >= 4 is 94.6 Å². The van der Waals surface area contributed by atoms with E-state index in [1.807, 2.05) is 0 Å². The van der Waals surface area contributed by atoms with Gasteiger partial charge in [0, 0.05) is 88.7 Å². The molecule has 0 aliphatic heterocycles. The van der Waals surface area contributed by atoms with Crippen LogP contribution in [-0.4, -0.2) is 106 Å².